The molecular weight excluding hydrogens is 226 g/mol. The lowest BCUT2D eigenvalue weighted by molar-refractivity contribution is 0.0606. The fraction of sp³-hybridized carbons (Fsp3) is 0.867. The minimum absolute atomic E-state index is 0.374. The van der Waals surface area contributed by atoms with E-state index in [0.29, 0.717) is 11.0 Å². The highest BCUT2D eigenvalue weighted by atomic mass is 16.5. The van der Waals surface area contributed by atoms with Gasteiger partial charge in [0.25, 0.3) is 0 Å². The Kier molecular flexibility index (Phi) is 3.15. The van der Waals surface area contributed by atoms with Gasteiger partial charge in [-0.25, -0.2) is 0 Å². The Bertz CT molecular complexity index is 324. The minimum atomic E-state index is 0.374. The molecule has 0 bridgehead atoms. The van der Waals surface area contributed by atoms with E-state index in [9.17, 15) is 0 Å². The van der Waals surface area contributed by atoms with E-state index < -0.39 is 0 Å². The molecule has 1 atom stereocenters. The van der Waals surface area contributed by atoms with E-state index in [4.69, 9.17) is 9.47 Å². The molecule has 3 nitrogen and oxygen atoms in total. The van der Waals surface area contributed by atoms with Crippen LogP contribution >= 0.6 is 0 Å². The monoisotopic (exact) mass is 251 g/mol. The predicted octanol–water partition coefficient (Wildman–Crippen LogP) is 2.57. The summed E-state index contributed by atoms with van der Waals surface area (Å²) in [6, 6.07) is 0. The molecule has 3 fully saturated rings. The lowest BCUT2D eigenvalue weighted by Gasteiger charge is -2.36. The molecule has 1 spiro atoms. The number of likely N-dealkylation sites (tertiary alicyclic amines) is 1. The van der Waals surface area contributed by atoms with Crippen LogP contribution in [0.4, 0.5) is 0 Å². The zero-order chi connectivity index (χ0) is 12.6. The van der Waals surface area contributed by atoms with Crippen LogP contribution in [0.1, 0.15) is 39.0 Å². The van der Waals surface area contributed by atoms with Gasteiger partial charge >= 0.3 is 0 Å². The van der Waals surface area contributed by atoms with Crippen molar-refractivity contribution in [2.45, 2.75) is 44.6 Å². The molecule has 3 heteroatoms. The van der Waals surface area contributed by atoms with Crippen molar-refractivity contribution in [3.8, 4) is 0 Å². The van der Waals surface area contributed by atoms with Crippen molar-refractivity contribution < 1.29 is 9.47 Å². The number of allylic oxidation sites excluding steroid dienone is 1. The summed E-state index contributed by atoms with van der Waals surface area (Å²) in [6.07, 6.45) is 6.51. The van der Waals surface area contributed by atoms with Crippen molar-refractivity contribution >= 4 is 0 Å². The molecular formula is C15H25NO2. The van der Waals surface area contributed by atoms with Crippen molar-refractivity contribution in [3.63, 3.8) is 0 Å². The Labute approximate surface area is 110 Å². The van der Waals surface area contributed by atoms with Gasteiger partial charge in [-0.1, -0.05) is 6.58 Å². The second-order valence-corrected chi connectivity index (χ2v) is 6.54. The first-order valence-electron chi connectivity index (χ1n) is 7.25. The van der Waals surface area contributed by atoms with Crippen LogP contribution in [-0.4, -0.2) is 43.3 Å². The average Bonchev–Trinajstić information content (AvgIpc) is 2.78. The molecule has 18 heavy (non-hydrogen) atoms. The Balaban J connectivity index is 1.60. The van der Waals surface area contributed by atoms with Gasteiger partial charge in [0, 0.05) is 24.1 Å². The lowest BCUT2D eigenvalue weighted by atomic mass is 9.94. The first-order valence-corrected chi connectivity index (χ1v) is 7.25. The summed E-state index contributed by atoms with van der Waals surface area (Å²) in [4.78, 5) is 2.70. The molecule has 102 valence electrons. The Hall–Kier alpha value is -0.540. The lowest BCUT2D eigenvalue weighted by Crippen LogP contribution is -2.47. The van der Waals surface area contributed by atoms with E-state index in [-0.39, 0.29) is 0 Å². The highest BCUT2D eigenvalue weighted by Gasteiger charge is 2.51. The summed E-state index contributed by atoms with van der Waals surface area (Å²) in [5.74, 6) is 0.849. The second-order valence-electron chi connectivity index (χ2n) is 6.54. The van der Waals surface area contributed by atoms with Gasteiger partial charge in [0.1, 0.15) is 0 Å². The first kappa shape index (κ1) is 12.5. The van der Waals surface area contributed by atoms with E-state index >= 15 is 0 Å². The van der Waals surface area contributed by atoms with Crippen molar-refractivity contribution in [1.82, 2.24) is 4.90 Å². The third-order valence-electron chi connectivity index (χ3n) is 4.93. The van der Waals surface area contributed by atoms with Crippen molar-refractivity contribution in [2.75, 3.05) is 32.9 Å². The molecule has 2 saturated heterocycles. The average molecular weight is 251 g/mol. The highest BCUT2D eigenvalue weighted by Crippen LogP contribution is 2.49. The van der Waals surface area contributed by atoms with Crippen LogP contribution in [0.25, 0.3) is 0 Å². The highest BCUT2D eigenvalue weighted by molar-refractivity contribution is 5.04. The summed E-state index contributed by atoms with van der Waals surface area (Å²) >= 11 is 0. The summed E-state index contributed by atoms with van der Waals surface area (Å²) in [7, 11) is 0. The van der Waals surface area contributed by atoms with Crippen LogP contribution in [0.2, 0.25) is 0 Å². The van der Waals surface area contributed by atoms with Crippen LogP contribution in [0.15, 0.2) is 12.3 Å². The summed E-state index contributed by atoms with van der Waals surface area (Å²) < 4.78 is 11.3. The molecule has 2 heterocycles. The van der Waals surface area contributed by atoms with Gasteiger partial charge in [0.2, 0.25) is 0 Å². The van der Waals surface area contributed by atoms with Gasteiger partial charge in [-0.3, -0.25) is 4.90 Å². The maximum absolute atomic E-state index is 5.68. The molecule has 0 aromatic carbocycles. The van der Waals surface area contributed by atoms with Crippen LogP contribution in [-0.2, 0) is 9.47 Å². The molecule has 0 radical (unpaired) electrons. The molecule has 0 aromatic rings. The molecule has 1 saturated carbocycles. The quantitative estimate of drug-likeness (QED) is 0.701. The minimum Gasteiger partial charge on any atom is -0.498 e. The van der Waals surface area contributed by atoms with Crippen LogP contribution in [0.3, 0.4) is 0 Å². The molecule has 3 rings (SSSR count). The Morgan fingerprint density at radius 3 is 2.78 bits per heavy atom. The van der Waals surface area contributed by atoms with Gasteiger partial charge in [0.15, 0.2) is 0 Å². The second kappa shape index (κ2) is 4.53. The first-order chi connectivity index (χ1) is 8.64. The molecule has 2 aliphatic heterocycles. The normalized spacial score (nSPS) is 34.1. The smallest absolute Gasteiger partial charge is 0.0945 e. The molecule has 0 aromatic heterocycles. The SMILES string of the molecule is C=C(C)OCC1(CN2CCCC23CCOC3)CC1. The number of rotatable bonds is 5. The predicted molar refractivity (Wildman–Crippen MR) is 71.4 cm³/mol. The maximum atomic E-state index is 5.68. The van der Waals surface area contributed by atoms with E-state index in [1.165, 1.54) is 45.2 Å². The van der Waals surface area contributed by atoms with E-state index in [0.717, 1.165) is 25.6 Å². The van der Waals surface area contributed by atoms with Gasteiger partial charge in [-0.05, 0) is 45.6 Å². The van der Waals surface area contributed by atoms with Crippen LogP contribution in [0, 0.1) is 5.41 Å². The molecule has 0 amide bonds. The van der Waals surface area contributed by atoms with Crippen molar-refractivity contribution in [3.05, 3.63) is 12.3 Å². The third kappa shape index (κ3) is 2.30. The molecule has 1 unspecified atom stereocenters. The number of hydrogen-bond acceptors (Lipinski definition) is 3. The summed E-state index contributed by atoms with van der Waals surface area (Å²) in [5, 5.41) is 0. The van der Waals surface area contributed by atoms with Crippen LogP contribution < -0.4 is 0 Å². The number of hydrogen-bond donors (Lipinski definition) is 0. The molecule has 0 N–H and O–H groups in total. The molecule has 1 aliphatic carbocycles. The molecule has 3 aliphatic rings. The zero-order valence-corrected chi connectivity index (χ0v) is 11.5. The van der Waals surface area contributed by atoms with Gasteiger partial charge in [-0.2, -0.15) is 0 Å². The van der Waals surface area contributed by atoms with Gasteiger partial charge < -0.3 is 9.47 Å². The van der Waals surface area contributed by atoms with Gasteiger partial charge in [-0.15, -0.1) is 0 Å². The van der Waals surface area contributed by atoms with Crippen LogP contribution in [0.5, 0.6) is 0 Å². The summed E-state index contributed by atoms with van der Waals surface area (Å²) in [6.45, 7) is 11.0. The Morgan fingerprint density at radius 2 is 2.17 bits per heavy atom. The van der Waals surface area contributed by atoms with Gasteiger partial charge in [0.05, 0.1) is 19.0 Å². The fourth-order valence-corrected chi connectivity index (χ4v) is 3.49. The topological polar surface area (TPSA) is 21.7 Å². The standard InChI is InChI=1S/C15H25NO2/c1-13(2)18-11-14(5-6-14)10-16-8-3-4-15(16)7-9-17-12-15/h1,3-12H2,2H3. The zero-order valence-electron chi connectivity index (χ0n) is 11.5. The summed E-state index contributed by atoms with van der Waals surface area (Å²) in [5.41, 5.74) is 0.789. The Morgan fingerprint density at radius 1 is 1.33 bits per heavy atom. The van der Waals surface area contributed by atoms with Crippen molar-refractivity contribution in [1.29, 1.82) is 0 Å². The number of nitrogens with zero attached hydrogens (tertiary/aromatic N) is 1. The van der Waals surface area contributed by atoms with Crippen molar-refractivity contribution in [2.24, 2.45) is 5.41 Å². The van der Waals surface area contributed by atoms with E-state index in [2.05, 4.69) is 11.5 Å². The fourth-order valence-electron chi connectivity index (χ4n) is 3.49. The third-order valence-corrected chi connectivity index (χ3v) is 4.93. The number of ether oxygens (including phenoxy) is 2. The maximum Gasteiger partial charge on any atom is 0.0945 e. The van der Waals surface area contributed by atoms with E-state index in [1.807, 2.05) is 6.92 Å². The van der Waals surface area contributed by atoms with E-state index in [1.54, 1.807) is 0 Å². The largest absolute Gasteiger partial charge is 0.498 e.